The third-order valence-corrected chi connectivity index (χ3v) is 5.86. The molecule has 0 unspecified atom stereocenters. The number of allylic oxidation sites excluding steroid dienone is 2. The van der Waals surface area contributed by atoms with E-state index in [-0.39, 0.29) is 34.4 Å². The monoisotopic (exact) mass is 316 g/mol. The van der Waals surface area contributed by atoms with Gasteiger partial charge in [-0.15, -0.1) is 23.2 Å². The second kappa shape index (κ2) is 4.78. The molecule has 20 heavy (non-hydrogen) atoms. The van der Waals surface area contributed by atoms with Crippen molar-refractivity contribution in [3.63, 3.8) is 0 Å². The minimum Gasteiger partial charge on any atom is -0.466 e. The number of ether oxygens (including phenoxy) is 2. The molecule has 4 rings (SSSR count). The van der Waals surface area contributed by atoms with Crippen molar-refractivity contribution in [2.45, 2.75) is 10.8 Å². The number of methoxy groups -OCH3 is 2. The average molecular weight is 317 g/mol. The summed E-state index contributed by atoms with van der Waals surface area (Å²) in [7, 11) is 2.61. The number of alkyl halides is 2. The van der Waals surface area contributed by atoms with Crippen molar-refractivity contribution in [2.24, 2.45) is 23.7 Å². The van der Waals surface area contributed by atoms with Gasteiger partial charge in [-0.2, -0.15) is 0 Å². The highest BCUT2D eigenvalue weighted by atomic mass is 35.5. The summed E-state index contributed by atoms with van der Waals surface area (Å²) in [5.74, 6) is -1.27. The second-order valence-electron chi connectivity index (χ2n) is 5.29. The van der Waals surface area contributed by atoms with Crippen LogP contribution in [0, 0.1) is 23.7 Å². The van der Waals surface area contributed by atoms with Gasteiger partial charge in [0.15, 0.2) is 0 Å². The fourth-order valence-electron chi connectivity index (χ4n) is 3.72. The van der Waals surface area contributed by atoms with Gasteiger partial charge >= 0.3 is 11.9 Å². The predicted octanol–water partition coefficient (Wildman–Crippen LogP) is 1.91. The molecule has 6 atom stereocenters. The summed E-state index contributed by atoms with van der Waals surface area (Å²) in [6, 6.07) is 0. The lowest BCUT2D eigenvalue weighted by atomic mass is 9.51. The van der Waals surface area contributed by atoms with Crippen LogP contribution in [0.15, 0.2) is 23.3 Å². The average Bonchev–Trinajstić information content (AvgIpc) is 2.50. The summed E-state index contributed by atoms with van der Waals surface area (Å²) < 4.78 is 9.64. The lowest BCUT2D eigenvalue weighted by molar-refractivity contribution is -0.142. The van der Waals surface area contributed by atoms with Gasteiger partial charge in [-0.25, -0.2) is 9.59 Å². The van der Waals surface area contributed by atoms with E-state index in [0.717, 1.165) is 0 Å². The lowest BCUT2D eigenvalue weighted by Crippen LogP contribution is -2.61. The Balaban J connectivity index is 2.11. The minimum absolute atomic E-state index is 0.0803. The van der Waals surface area contributed by atoms with Crippen LogP contribution in [0.2, 0.25) is 0 Å². The molecule has 6 heteroatoms. The van der Waals surface area contributed by atoms with E-state index in [2.05, 4.69) is 0 Å². The predicted molar refractivity (Wildman–Crippen MR) is 73.4 cm³/mol. The van der Waals surface area contributed by atoms with Crippen molar-refractivity contribution in [1.82, 2.24) is 0 Å². The van der Waals surface area contributed by atoms with Crippen LogP contribution in [0.25, 0.3) is 0 Å². The summed E-state index contributed by atoms with van der Waals surface area (Å²) >= 11 is 12.6. The zero-order valence-corrected chi connectivity index (χ0v) is 12.5. The van der Waals surface area contributed by atoms with Gasteiger partial charge in [0.05, 0.1) is 36.1 Å². The standard InChI is InChI=1S/C14H14Cl2O4/c1-19-13(17)9-5-3-4-6(10(9)14(18)20-2)8-7(5)11(15)12(8)16/h3-8,11-12H,1-2H3/t5-,6-,7+,8+,11-,12+/m0/s1. The first kappa shape index (κ1) is 14.0. The van der Waals surface area contributed by atoms with E-state index in [4.69, 9.17) is 32.7 Å². The van der Waals surface area contributed by atoms with Gasteiger partial charge in [0.2, 0.25) is 0 Å². The third kappa shape index (κ3) is 1.61. The Labute approximate surface area is 126 Å². The quantitative estimate of drug-likeness (QED) is 0.443. The number of halogens is 2. The minimum atomic E-state index is -0.495. The van der Waals surface area contributed by atoms with Crippen molar-refractivity contribution in [2.75, 3.05) is 14.2 Å². The topological polar surface area (TPSA) is 52.6 Å². The molecule has 0 amide bonds. The first-order valence-electron chi connectivity index (χ1n) is 6.40. The van der Waals surface area contributed by atoms with Crippen molar-refractivity contribution in [3.05, 3.63) is 23.3 Å². The van der Waals surface area contributed by atoms with E-state index in [1.54, 1.807) is 0 Å². The van der Waals surface area contributed by atoms with Crippen molar-refractivity contribution < 1.29 is 19.1 Å². The summed E-state index contributed by atoms with van der Waals surface area (Å²) in [4.78, 5) is 24.1. The summed E-state index contributed by atoms with van der Waals surface area (Å²) in [5, 5.41) is -0.393. The molecule has 1 fully saturated rings. The van der Waals surface area contributed by atoms with E-state index in [1.807, 2.05) is 12.2 Å². The molecule has 0 aromatic carbocycles. The van der Waals surface area contributed by atoms with E-state index in [1.165, 1.54) is 14.2 Å². The molecule has 2 bridgehead atoms. The maximum absolute atomic E-state index is 12.1. The molecule has 4 nitrogen and oxygen atoms in total. The largest absolute Gasteiger partial charge is 0.466 e. The normalized spacial score (nSPS) is 41.0. The van der Waals surface area contributed by atoms with Gasteiger partial charge in [-0.1, -0.05) is 12.2 Å². The Hall–Kier alpha value is -1.00. The molecule has 0 N–H and O–H groups in total. The van der Waals surface area contributed by atoms with Gasteiger partial charge in [-0.05, 0) is 11.8 Å². The first-order chi connectivity index (χ1) is 9.52. The molecular weight excluding hydrogens is 303 g/mol. The molecule has 4 aliphatic rings. The number of hydrogen-bond donors (Lipinski definition) is 0. The van der Waals surface area contributed by atoms with Crippen LogP contribution in [0.5, 0.6) is 0 Å². The van der Waals surface area contributed by atoms with Crippen LogP contribution in [0.3, 0.4) is 0 Å². The smallest absolute Gasteiger partial charge is 0.334 e. The van der Waals surface area contributed by atoms with Gasteiger partial charge in [0, 0.05) is 11.8 Å². The maximum Gasteiger partial charge on any atom is 0.334 e. The molecule has 4 aliphatic carbocycles. The number of rotatable bonds is 2. The maximum atomic E-state index is 12.1. The molecule has 0 heterocycles. The van der Waals surface area contributed by atoms with Crippen molar-refractivity contribution in [3.8, 4) is 0 Å². The molecule has 0 saturated heterocycles. The molecule has 108 valence electrons. The van der Waals surface area contributed by atoms with Gasteiger partial charge in [0.1, 0.15) is 0 Å². The second-order valence-corrected chi connectivity index (χ2v) is 6.30. The van der Waals surface area contributed by atoms with E-state index in [0.29, 0.717) is 11.1 Å². The number of hydrogen-bond acceptors (Lipinski definition) is 4. The first-order valence-corrected chi connectivity index (χ1v) is 7.27. The Kier molecular flexibility index (Phi) is 3.33. The Morgan fingerprint density at radius 2 is 1.25 bits per heavy atom. The Morgan fingerprint density at radius 1 is 0.900 bits per heavy atom. The zero-order chi connectivity index (χ0) is 14.6. The van der Waals surface area contributed by atoms with Gasteiger partial charge in [-0.3, -0.25) is 0 Å². The highest BCUT2D eigenvalue weighted by molar-refractivity contribution is 6.32. The van der Waals surface area contributed by atoms with Crippen molar-refractivity contribution in [1.29, 1.82) is 0 Å². The van der Waals surface area contributed by atoms with E-state index >= 15 is 0 Å². The van der Waals surface area contributed by atoms with Crippen LogP contribution in [0.1, 0.15) is 0 Å². The zero-order valence-electron chi connectivity index (χ0n) is 11.0. The summed E-state index contributed by atoms with van der Waals surface area (Å²) in [5.41, 5.74) is 0.754. The molecular formula is C14H14Cl2O4. The lowest BCUT2D eigenvalue weighted by Gasteiger charge is -2.57. The number of carbonyl (C=O) groups excluding carboxylic acids is 2. The summed E-state index contributed by atoms with van der Waals surface area (Å²) in [6.45, 7) is 0. The Morgan fingerprint density at radius 3 is 1.55 bits per heavy atom. The van der Waals surface area contributed by atoms with Crippen LogP contribution in [-0.4, -0.2) is 36.9 Å². The molecule has 0 spiro atoms. The van der Waals surface area contributed by atoms with Gasteiger partial charge < -0.3 is 9.47 Å². The highest BCUT2D eigenvalue weighted by Gasteiger charge is 2.62. The third-order valence-electron chi connectivity index (χ3n) is 4.61. The van der Waals surface area contributed by atoms with E-state index in [9.17, 15) is 9.59 Å². The molecule has 0 aromatic heterocycles. The van der Waals surface area contributed by atoms with Crippen molar-refractivity contribution >= 4 is 35.1 Å². The molecule has 0 aromatic rings. The molecule has 0 radical (unpaired) electrons. The molecule has 1 saturated carbocycles. The Bertz CT molecular complexity index is 493. The SMILES string of the molecule is COC(=O)C1=C(C(=O)OC)[C@H]2C=C[C@H]1[C@H]1[C@H](Cl)[C@H](Cl)[C@@H]12. The highest BCUT2D eigenvalue weighted by Crippen LogP contribution is 2.60. The fraction of sp³-hybridized carbons (Fsp3) is 0.571. The van der Waals surface area contributed by atoms with Crippen LogP contribution in [-0.2, 0) is 19.1 Å². The van der Waals surface area contributed by atoms with E-state index < -0.39 is 11.9 Å². The fourth-order valence-corrected chi connectivity index (χ4v) is 4.71. The van der Waals surface area contributed by atoms with Crippen LogP contribution in [0.4, 0.5) is 0 Å². The van der Waals surface area contributed by atoms with Crippen LogP contribution < -0.4 is 0 Å². The van der Waals surface area contributed by atoms with Gasteiger partial charge in [0.25, 0.3) is 0 Å². The van der Waals surface area contributed by atoms with Crippen LogP contribution >= 0.6 is 23.2 Å². The number of carbonyl (C=O) groups is 2. The molecule has 0 aliphatic heterocycles. The summed E-state index contributed by atoms with van der Waals surface area (Å²) in [6.07, 6.45) is 3.87. The number of esters is 2.